The van der Waals surface area contributed by atoms with Gasteiger partial charge in [-0.3, -0.25) is 0 Å². The monoisotopic (exact) mass is 329 g/mol. The molecule has 0 radical (unpaired) electrons. The lowest BCUT2D eigenvalue weighted by Gasteiger charge is -2.25. The number of rotatable bonds is 3. The number of ether oxygens (including phenoxy) is 1. The number of halogens is 1. The van der Waals surface area contributed by atoms with Crippen LogP contribution in [0.15, 0.2) is 48.8 Å². The smallest absolute Gasteiger partial charge is 0.410 e. The van der Waals surface area contributed by atoms with Crippen LogP contribution in [-0.2, 0) is 11.3 Å². The van der Waals surface area contributed by atoms with E-state index in [1.165, 1.54) is 0 Å². The summed E-state index contributed by atoms with van der Waals surface area (Å²) in [7, 11) is 0. The van der Waals surface area contributed by atoms with Gasteiger partial charge in [0.05, 0.1) is 0 Å². The topological polar surface area (TPSA) is 55.3 Å². The van der Waals surface area contributed by atoms with Crippen molar-refractivity contribution in [3.8, 4) is 0 Å². The minimum absolute atomic E-state index is 0.233. The van der Waals surface area contributed by atoms with Crippen molar-refractivity contribution in [3.05, 3.63) is 65.2 Å². The normalized spacial score (nSPS) is 14.3. The van der Waals surface area contributed by atoms with Crippen molar-refractivity contribution < 1.29 is 9.53 Å². The maximum Gasteiger partial charge on any atom is 0.410 e. The van der Waals surface area contributed by atoms with E-state index >= 15 is 0 Å². The molecule has 0 unspecified atom stereocenters. The van der Waals surface area contributed by atoms with E-state index in [-0.39, 0.29) is 18.0 Å². The summed E-state index contributed by atoms with van der Waals surface area (Å²) in [5.41, 5.74) is 3.04. The fraction of sp³-hybridized carbons (Fsp3) is 0.235. The zero-order valence-electron chi connectivity index (χ0n) is 12.5. The summed E-state index contributed by atoms with van der Waals surface area (Å²) in [6.07, 6.45) is 5.84. The first-order valence-electron chi connectivity index (χ1n) is 7.35. The molecule has 6 heteroatoms. The van der Waals surface area contributed by atoms with Crippen molar-refractivity contribution in [3.63, 3.8) is 0 Å². The van der Waals surface area contributed by atoms with Gasteiger partial charge in [-0.25, -0.2) is 14.8 Å². The Morgan fingerprint density at radius 3 is 2.61 bits per heavy atom. The molecule has 0 fully saturated rings. The van der Waals surface area contributed by atoms with E-state index < -0.39 is 0 Å². The first kappa shape index (κ1) is 15.5. The molecule has 0 spiro atoms. The molecule has 0 saturated carbocycles. The molecule has 0 atom stereocenters. The molecule has 3 rings (SSSR count). The maximum absolute atomic E-state index is 12.1. The molecule has 2 heterocycles. The highest BCUT2D eigenvalue weighted by atomic mass is 35.5. The van der Waals surface area contributed by atoms with Gasteiger partial charge < -0.3 is 9.64 Å². The maximum atomic E-state index is 12.1. The summed E-state index contributed by atoms with van der Waals surface area (Å²) in [6, 6.07) is 9.65. The van der Waals surface area contributed by atoms with Crippen LogP contribution < -0.4 is 0 Å². The van der Waals surface area contributed by atoms with Crippen LogP contribution in [-0.4, -0.2) is 34.1 Å². The molecule has 1 aliphatic rings. The van der Waals surface area contributed by atoms with Gasteiger partial charge in [0.15, 0.2) is 0 Å². The second-order valence-electron chi connectivity index (χ2n) is 5.21. The third kappa shape index (κ3) is 4.07. The zero-order chi connectivity index (χ0) is 16.1. The van der Waals surface area contributed by atoms with E-state index in [2.05, 4.69) is 9.97 Å². The van der Waals surface area contributed by atoms with Crippen LogP contribution in [0.4, 0.5) is 4.79 Å². The molecule has 0 aliphatic carbocycles. The molecule has 1 amide bonds. The molecule has 2 aromatic rings. The van der Waals surface area contributed by atoms with Crippen molar-refractivity contribution >= 4 is 23.3 Å². The molecule has 0 N–H and O–H groups in total. The first-order chi connectivity index (χ1) is 11.2. The second kappa shape index (κ2) is 7.24. The van der Waals surface area contributed by atoms with Gasteiger partial charge in [-0.15, -0.1) is 0 Å². The quantitative estimate of drug-likeness (QED) is 0.808. The van der Waals surface area contributed by atoms with Crippen molar-refractivity contribution in [1.82, 2.24) is 14.9 Å². The third-order valence-electron chi connectivity index (χ3n) is 3.66. The Kier molecular flexibility index (Phi) is 4.88. The van der Waals surface area contributed by atoms with Crippen LogP contribution in [0, 0.1) is 0 Å². The van der Waals surface area contributed by atoms with Crippen LogP contribution >= 0.6 is 11.6 Å². The highest BCUT2D eigenvalue weighted by molar-refractivity contribution is 6.28. The molecule has 0 bridgehead atoms. The Hall–Kier alpha value is -2.40. The summed E-state index contributed by atoms with van der Waals surface area (Å²) in [6.45, 7) is 1.42. The number of carbonyl (C=O) groups is 1. The Morgan fingerprint density at radius 1 is 1.22 bits per heavy atom. The Bertz CT molecular complexity index is 702. The number of amides is 1. The summed E-state index contributed by atoms with van der Waals surface area (Å²) in [4.78, 5) is 21.7. The van der Waals surface area contributed by atoms with Crippen molar-refractivity contribution in [1.29, 1.82) is 0 Å². The Labute approximate surface area is 139 Å². The molecular formula is C17H16ClN3O2. The summed E-state index contributed by atoms with van der Waals surface area (Å²) in [5, 5.41) is 0.233. The second-order valence-corrected chi connectivity index (χ2v) is 5.54. The number of benzene rings is 1. The lowest BCUT2D eigenvalue weighted by Crippen LogP contribution is -2.35. The SMILES string of the molecule is O=C(OCc1ccccc1)N1CC=C(c2cnc(Cl)nc2)CC1. The summed E-state index contributed by atoms with van der Waals surface area (Å²) in [5.74, 6) is 0. The highest BCUT2D eigenvalue weighted by Gasteiger charge is 2.19. The summed E-state index contributed by atoms with van der Waals surface area (Å²) >= 11 is 5.69. The minimum atomic E-state index is -0.295. The molecule has 5 nitrogen and oxygen atoms in total. The van der Waals surface area contributed by atoms with Gasteiger partial charge in [0.1, 0.15) is 6.61 Å². The highest BCUT2D eigenvalue weighted by Crippen LogP contribution is 2.22. The van der Waals surface area contributed by atoms with Gasteiger partial charge in [-0.1, -0.05) is 36.4 Å². The average molecular weight is 330 g/mol. The van der Waals surface area contributed by atoms with E-state index in [4.69, 9.17) is 16.3 Å². The van der Waals surface area contributed by atoms with E-state index in [1.807, 2.05) is 36.4 Å². The van der Waals surface area contributed by atoms with Gasteiger partial charge in [0.2, 0.25) is 5.28 Å². The van der Waals surface area contributed by atoms with Crippen molar-refractivity contribution in [2.75, 3.05) is 13.1 Å². The fourth-order valence-electron chi connectivity index (χ4n) is 2.39. The van der Waals surface area contributed by atoms with Gasteiger partial charge in [0, 0.05) is 31.0 Å². The predicted molar refractivity (Wildman–Crippen MR) is 87.8 cm³/mol. The van der Waals surface area contributed by atoms with Gasteiger partial charge in [-0.05, 0) is 29.2 Å². The van der Waals surface area contributed by atoms with Crippen LogP contribution in [0.1, 0.15) is 17.5 Å². The molecule has 118 valence electrons. The van der Waals surface area contributed by atoms with E-state index in [0.717, 1.165) is 23.1 Å². The van der Waals surface area contributed by atoms with Gasteiger partial charge >= 0.3 is 6.09 Å². The van der Waals surface area contributed by atoms with E-state index in [1.54, 1.807) is 17.3 Å². The Balaban J connectivity index is 1.55. The van der Waals surface area contributed by atoms with E-state index in [9.17, 15) is 4.79 Å². The first-order valence-corrected chi connectivity index (χ1v) is 7.73. The van der Waals surface area contributed by atoms with E-state index in [0.29, 0.717) is 13.1 Å². The third-order valence-corrected chi connectivity index (χ3v) is 3.86. The average Bonchev–Trinajstić information content (AvgIpc) is 2.61. The fourth-order valence-corrected chi connectivity index (χ4v) is 2.48. The number of hydrogen-bond donors (Lipinski definition) is 0. The molecule has 1 aliphatic heterocycles. The largest absolute Gasteiger partial charge is 0.445 e. The van der Waals surface area contributed by atoms with Crippen LogP contribution in [0.5, 0.6) is 0 Å². The van der Waals surface area contributed by atoms with Crippen LogP contribution in [0.2, 0.25) is 5.28 Å². The summed E-state index contributed by atoms with van der Waals surface area (Å²) < 4.78 is 5.34. The number of carbonyl (C=O) groups excluding carboxylic acids is 1. The lowest BCUT2D eigenvalue weighted by molar-refractivity contribution is 0.0998. The molecule has 23 heavy (non-hydrogen) atoms. The Morgan fingerprint density at radius 2 is 1.96 bits per heavy atom. The van der Waals surface area contributed by atoms with Gasteiger partial charge in [0.25, 0.3) is 0 Å². The molecular weight excluding hydrogens is 314 g/mol. The minimum Gasteiger partial charge on any atom is -0.445 e. The standard InChI is InChI=1S/C17H16ClN3O2/c18-16-19-10-15(11-20-16)14-6-8-21(9-7-14)17(22)23-12-13-4-2-1-3-5-13/h1-6,10-11H,7-9,12H2. The van der Waals surface area contributed by atoms with Gasteiger partial charge in [-0.2, -0.15) is 0 Å². The van der Waals surface area contributed by atoms with Crippen molar-refractivity contribution in [2.45, 2.75) is 13.0 Å². The lowest BCUT2D eigenvalue weighted by atomic mass is 10.0. The molecule has 1 aromatic heterocycles. The number of aromatic nitrogens is 2. The zero-order valence-corrected chi connectivity index (χ0v) is 13.2. The van der Waals surface area contributed by atoms with Crippen LogP contribution in [0.3, 0.4) is 0 Å². The van der Waals surface area contributed by atoms with Crippen LogP contribution in [0.25, 0.3) is 5.57 Å². The number of hydrogen-bond acceptors (Lipinski definition) is 4. The molecule has 1 aromatic carbocycles. The van der Waals surface area contributed by atoms with Crippen molar-refractivity contribution in [2.24, 2.45) is 0 Å². The predicted octanol–water partition coefficient (Wildman–Crippen LogP) is 3.56. The number of nitrogens with zero attached hydrogens (tertiary/aromatic N) is 3. The molecule has 0 saturated heterocycles.